The first-order chi connectivity index (χ1) is 12.8. The molecule has 1 fully saturated rings. The number of amides is 1. The van der Waals surface area contributed by atoms with Crippen LogP contribution in [0.25, 0.3) is 16.6 Å². The smallest absolute Gasteiger partial charge is 0.410 e. The fraction of sp³-hybridized carbons (Fsp3) is 0.500. The highest BCUT2D eigenvalue weighted by molar-refractivity contribution is 6.35. The Hall–Kier alpha value is -2.05. The van der Waals surface area contributed by atoms with Crippen LogP contribution >= 0.6 is 11.6 Å². The minimum atomic E-state index is -0.442. The summed E-state index contributed by atoms with van der Waals surface area (Å²) in [5, 5.41) is 1.68. The fourth-order valence-electron chi connectivity index (χ4n) is 3.59. The van der Waals surface area contributed by atoms with Gasteiger partial charge in [-0.2, -0.15) is 0 Å². The summed E-state index contributed by atoms with van der Waals surface area (Å²) in [5.41, 5.74) is 2.77. The number of hydrogen-bond acceptors (Lipinski definition) is 4. The first-order valence-corrected chi connectivity index (χ1v) is 9.72. The van der Waals surface area contributed by atoms with Gasteiger partial charge in [0.15, 0.2) is 0 Å². The average Bonchev–Trinajstić information content (AvgIpc) is 2.98. The maximum atomic E-state index is 12.1. The van der Waals surface area contributed by atoms with Gasteiger partial charge in [0.05, 0.1) is 5.02 Å². The van der Waals surface area contributed by atoms with Crippen molar-refractivity contribution in [3.8, 4) is 0 Å². The Kier molecular flexibility index (Phi) is 4.64. The van der Waals surface area contributed by atoms with E-state index in [1.54, 1.807) is 11.1 Å². The van der Waals surface area contributed by atoms with Crippen LogP contribution in [0.3, 0.4) is 0 Å². The standard InChI is InChI=1S/C20H25ClN4O2/c1-20(2,3)27-19(26)25-11-14(12-25)24-8-5-13(6-9-24)17-10-15-16(21)4-7-22-18(15)23-17/h4-5,7,10,14H,6,8-9,11-12H2,1-3H3,(H,22,23). The number of fused-ring (bicyclic) bond motifs is 1. The highest BCUT2D eigenvalue weighted by Crippen LogP contribution is 2.30. The molecule has 144 valence electrons. The molecule has 1 amide bonds. The lowest BCUT2D eigenvalue weighted by Crippen LogP contribution is -2.62. The van der Waals surface area contributed by atoms with E-state index in [1.807, 2.05) is 26.8 Å². The van der Waals surface area contributed by atoms with Gasteiger partial charge in [-0.3, -0.25) is 4.90 Å². The molecule has 27 heavy (non-hydrogen) atoms. The van der Waals surface area contributed by atoms with Gasteiger partial charge in [0.25, 0.3) is 0 Å². The summed E-state index contributed by atoms with van der Waals surface area (Å²) in [5.74, 6) is 0. The third-order valence-corrected chi connectivity index (χ3v) is 5.43. The minimum absolute atomic E-state index is 0.213. The largest absolute Gasteiger partial charge is 0.444 e. The van der Waals surface area contributed by atoms with Gasteiger partial charge in [-0.1, -0.05) is 17.7 Å². The molecular weight excluding hydrogens is 364 g/mol. The predicted octanol–water partition coefficient (Wildman–Crippen LogP) is 3.92. The first kappa shape index (κ1) is 18.3. The summed E-state index contributed by atoms with van der Waals surface area (Å²) in [6, 6.07) is 4.31. The Morgan fingerprint density at radius 3 is 2.78 bits per heavy atom. The van der Waals surface area contributed by atoms with Crippen molar-refractivity contribution in [3.05, 3.63) is 35.1 Å². The van der Waals surface area contributed by atoms with E-state index in [4.69, 9.17) is 16.3 Å². The van der Waals surface area contributed by atoms with Crippen LogP contribution in [-0.2, 0) is 4.74 Å². The molecule has 0 aliphatic carbocycles. The number of likely N-dealkylation sites (tertiary alicyclic amines) is 1. The van der Waals surface area contributed by atoms with E-state index < -0.39 is 5.60 Å². The summed E-state index contributed by atoms with van der Waals surface area (Å²) in [7, 11) is 0. The highest BCUT2D eigenvalue weighted by atomic mass is 35.5. The number of aromatic nitrogens is 2. The van der Waals surface area contributed by atoms with Crippen molar-refractivity contribution in [3.63, 3.8) is 0 Å². The zero-order valence-electron chi connectivity index (χ0n) is 16.0. The molecule has 2 aliphatic heterocycles. The maximum Gasteiger partial charge on any atom is 0.410 e. The molecule has 2 aromatic heterocycles. The second-order valence-corrected chi connectivity index (χ2v) is 8.66. The number of carbonyl (C=O) groups is 1. The van der Waals surface area contributed by atoms with Crippen LogP contribution in [-0.4, -0.2) is 63.7 Å². The van der Waals surface area contributed by atoms with Crippen molar-refractivity contribution in [1.82, 2.24) is 19.8 Å². The van der Waals surface area contributed by atoms with Crippen LogP contribution in [0.4, 0.5) is 4.79 Å². The average molecular weight is 389 g/mol. The van der Waals surface area contributed by atoms with Gasteiger partial charge in [-0.15, -0.1) is 0 Å². The number of nitrogens with zero attached hydrogens (tertiary/aromatic N) is 3. The molecule has 1 saturated heterocycles. The van der Waals surface area contributed by atoms with Crippen LogP contribution in [0.1, 0.15) is 32.9 Å². The topological polar surface area (TPSA) is 61.5 Å². The quantitative estimate of drug-likeness (QED) is 0.846. The number of rotatable bonds is 2. The molecule has 6 nitrogen and oxygen atoms in total. The molecule has 1 N–H and O–H groups in total. The molecule has 4 heterocycles. The second-order valence-electron chi connectivity index (χ2n) is 8.25. The van der Waals surface area contributed by atoms with Crippen molar-refractivity contribution in [1.29, 1.82) is 0 Å². The van der Waals surface area contributed by atoms with Gasteiger partial charge in [-0.25, -0.2) is 9.78 Å². The van der Waals surface area contributed by atoms with E-state index in [1.165, 1.54) is 5.57 Å². The SMILES string of the molecule is CC(C)(C)OC(=O)N1CC(N2CC=C(c3cc4c(Cl)ccnc4[nH]3)CC2)C1. The lowest BCUT2D eigenvalue weighted by molar-refractivity contribution is -0.0134. The van der Waals surface area contributed by atoms with Gasteiger partial charge < -0.3 is 14.6 Å². The maximum absolute atomic E-state index is 12.1. The minimum Gasteiger partial charge on any atom is -0.444 e. The molecule has 0 saturated carbocycles. The molecule has 0 aromatic carbocycles. The summed E-state index contributed by atoms with van der Waals surface area (Å²) in [4.78, 5) is 24.0. The number of nitrogens with one attached hydrogen (secondary N) is 1. The van der Waals surface area contributed by atoms with E-state index in [2.05, 4.69) is 27.0 Å². The first-order valence-electron chi connectivity index (χ1n) is 9.35. The molecular formula is C20H25ClN4O2. The van der Waals surface area contributed by atoms with Gasteiger partial charge >= 0.3 is 6.09 Å². The Morgan fingerprint density at radius 1 is 1.37 bits per heavy atom. The predicted molar refractivity (Wildman–Crippen MR) is 107 cm³/mol. The number of halogens is 1. The number of hydrogen-bond donors (Lipinski definition) is 1. The van der Waals surface area contributed by atoms with E-state index in [-0.39, 0.29) is 6.09 Å². The monoisotopic (exact) mass is 388 g/mol. The summed E-state index contributed by atoms with van der Waals surface area (Å²) in [6.45, 7) is 9.03. The van der Waals surface area contributed by atoms with E-state index in [9.17, 15) is 4.79 Å². The normalized spacial score (nSPS) is 19.1. The lowest BCUT2D eigenvalue weighted by atomic mass is 10.0. The van der Waals surface area contributed by atoms with Crippen LogP contribution in [0.5, 0.6) is 0 Å². The molecule has 0 unspecified atom stereocenters. The fourth-order valence-corrected chi connectivity index (χ4v) is 3.79. The molecule has 7 heteroatoms. The zero-order chi connectivity index (χ0) is 19.2. The molecule has 0 bridgehead atoms. The zero-order valence-corrected chi connectivity index (χ0v) is 16.7. The Balaban J connectivity index is 1.35. The van der Waals surface area contributed by atoms with Crippen LogP contribution in [0.2, 0.25) is 5.02 Å². The van der Waals surface area contributed by atoms with E-state index in [0.29, 0.717) is 6.04 Å². The van der Waals surface area contributed by atoms with E-state index in [0.717, 1.165) is 54.3 Å². The van der Waals surface area contributed by atoms with Crippen LogP contribution in [0, 0.1) is 0 Å². The van der Waals surface area contributed by atoms with Crippen molar-refractivity contribution in [2.45, 2.75) is 38.8 Å². The number of aromatic amines is 1. The number of ether oxygens (including phenoxy) is 1. The Morgan fingerprint density at radius 2 is 2.15 bits per heavy atom. The Bertz CT molecular complexity index is 893. The van der Waals surface area contributed by atoms with Crippen molar-refractivity contribution < 1.29 is 9.53 Å². The summed E-state index contributed by atoms with van der Waals surface area (Å²) < 4.78 is 5.43. The molecule has 2 aliphatic rings. The molecule has 0 atom stereocenters. The van der Waals surface area contributed by atoms with Gasteiger partial charge in [0.2, 0.25) is 0 Å². The second kappa shape index (κ2) is 6.84. The van der Waals surface area contributed by atoms with Gasteiger partial charge in [0, 0.05) is 49.5 Å². The van der Waals surface area contributed by atoms with Crippen LogP contribution in [0.15, 0.2) is 24.4 Å². The molecule has 4 rings (SSSR count). The van der Waals surface area contributed by atoms with Crippen LogP contribution < -0.4 is 0 Å². The summed E-state index contributed by atoms with van der Waals surface area (Å²) >= 11 is 6.25. The summed E-state index contributed by atoms with van der Waals surface area (Å²) in [6.07, 6.45) is 4.73. The van der Waals surface area contributed by atoms with Gasteiger partial charge in [0.1, 0.15) is 11.2 Å². The Labute approximate surface area is 164 Å². The molecule has 0 spiro atoms. The third-order valence-electron chi connectivity index (χ3n) is 5.10. The highest BCUT2D eigenvalue weighted by Gasteiger charge is 2.37. The lowest BCUT2D eigenvalue weighted by Gasteiger charge is -2.46. The molecule has 0 radical (unpaired) electrons. The van der Waals surface area contributed by atoms with E-state index >= 15 is 0 Å². The third kappa shape index (κ3) is 3.82. The number of pyridine rings is 1. The van der Waals surface area contributed by atoms with Gasteiger partial charge in [-0.05, 0) is 44.9 Å². The number of H-pyrrole nitrogens is 1. The van der Waals surface area contributed by atoms with Crippen molar-refractivity contribution >= 4 is 34.3 Å². The van der Waals surface area contributed by atoms with Crippen molar-refractivity contribution in [2.75, 3.05) is 26.2 Å². The number of carbonyl (C=O) groups excluding carboxylic acids is 1. The van der Waals surface area contributed by atoms with Crippen molar-refractivity contribution in [2.24, 2.45) is 0 Å². The molecule has 2 aromatic rings.